The molecule has 0 saturated carbocycles. The van der Waals surface area contributed by atoms with Gasteiger partial charge in [-0.05, 0) is 25.8 Å². The molecule has 4 heteroatoms. The number of rotatable bonds is 4. The van der Waals surface area contributed by atoms with Gasteiger partial charge in [-0.15, -0.1) is 0 Å². The fraction of sp³-hybridized carbons (Fsp3) is 0.909. The number of nitrogens with zero attached hydrogens (tertiary/aromatic N) is 1. The van der Waals surface area contributed by atoms with Gasteiger partial charge < -0.3 is 10.4 Å². The van der Waals surface area contributed by atoms with Crippen LogP contribution in [-0.2, 0) is 4.79 Å². The maximum Gasteiger partial charge on any atom is 0.224 e. The molecular formula is C11H22N2O2. The van der Waals surface area contributed by atoms with Crippen molar-refractivity contribution in [1.82, 2.24) is 10.2 Å². The van der Waals surface area contributed by atoms with Gasteiger partial charge in [0.05, 0.1) is 12.0 Å². The maximum atomic E-state index is 11.5. The van der Waals surface area contributed by atoms with Crippen molar-refractivity contribution in [3.05, 3.63) is 0 Å². The summed E-state index contributed by atoms with van der Waals surface area (Å²) in [7, 11) is 1.68. The molecule has 0 bridgehead atoms. The molecule has 0 aromatic rings. The summed E-state index contributed by atoms with van der Waals surface area (Å²) < 4.78 is 0. The zero-order valence-corrected chi connectivity index (χ0v) is 9.70. The van der Waals surface area contributed by atoms with Gasteiger partial charge in [0.25, 0.3) is 0 Å². The molecule has 0 aromatic heterocycles. The molecule has 88 valence electrons. The second kappa shape index (κ2) is 6.08. The van der Waals surface area contributed by atoms with E-state index in [0.717, 1.165) is 32.4 Å². The van der Waals surface area contributed by atoms with E-state index >= 15 is 0 Å². The maximum absolute atomic E-state index is 11.5. The summed E-state index contributed by atoms with van der Waals surface area (Å²) in [5.41, 5.74) is 0. The third-order valence-corrected chi connectivity index (χ3v) is 3.06. The lowest BCUT2D eigenvalue weighted by Crippen LogP contribution is -2.44. The normalized spacial score (nSPS) is 24.9. The van der Waals surface area contributed by atoms with Crippen molar-refractivity contribution < 1.29 is 9.90 Å². The molecule has 1 saturated heterocycles. The van der Waals surface area contributed by atoms with Crippen LogP contribution in [0, 0.1) is 5.92 Å². The first-order chi connectivity index (χ1) is 7.17. The molecule has 1 rings (SSSR count). The molecule has 1 amide bonds. The van der Waals surface area contributed by atoms with Crippen molar-refractivity contribution in [2.75, 3.05) is 26.7 Å². The SMILES string of the molecule is CCC(O)CN1CCCC(C(=O)NC)C1. The van der Waals surface area contributed by atoms with Gasteiger partial charge in [-0.2, -0.15) is 0 Å². The van der Waals surface area contributed by atoms with E-state index in [0.29, 0.717) is 6.54 Å². The molecule has 15 heavy (non-hydrogen) atoms. The molecule has 1 aliphatic heterocycles. The number of piperidine rings is 1. The third-order valence-electron chi connectivity index (χ3n) is 3.06. The van der Waals surface area contributed by atoms with Crippen molar-refractivity contribution in [1.29, 1.82) is 0 Å². The summed E-state index contributed by atoms with van der Waals surface area (Å²) >= 11 is 0. The zero-order chi connectivity index (χ0) is 11.3. The standard InChI is InChI=1S/C11H22N2O2/c1-3-10(14)8-13-6-4-5-9(7-13)11(15)12-2/h9-10,14H,3-8H2,1-2H3,(H,12,15). The minimum atomic E-state index is -0.256. The number of aliphatic hydroxyl groups is 1. The number of β-amino-alcohol motifs (C(OH)–C–C–N with tert-alkyl or cyclic N) is 1. The van der Waals surface area contributed by atoms with E-state index in [4.69, 9.17) is 0 Å². The van der Waals surface area contributed by atoms with E-state index in [1.807, 2.05) is 6.92 Å². The average molecular weight is 214 g/mol. The Hall–Kier alpha value is -0.610. The van der Waals surface area contributed by atoms with Crippen LogP contribution in [0.2, 0.25) is 0 Å². The number of hydrogen-bond acceptors (Lipinski definition) is 3. The Morgan fingerprint density at radius 1 is 1.67 bits per heavy atom. The lowest BCUT2D eigenvalue weighted by atomic mass is 9.97. The van der Waals surface area contributed by atoms with Crippen LogP contribution in [0.15, 0.2) is 0 Å². The number of likely N-dealkylation sites (tertiary alicyclic amines) is 1. The quantitative estimate of drug-likeness (QED) is 0.703. The van der Waals surface area contributed by atoms with Crippen LogP contribution in [-0.4, -0.2) is 48.7 Å². The van der Waals surface area contributed by atoms with Crippen molar-refractivity contribution in [3.8, 4) is 0 Å². The Kier molecular flexibility index (Phi) is 5.05. The molecule has 1 aliphatic rings. The second-order valence-electron chi connectivity index (χ2n) is 4.28. The second-order valence-corrected chi connectivity index (χ2v) is 4.28. The average Bonchev–Trinajstić information content (AvgIpc) is 2.28. The molecule has 2 unspecified atom stereocenters. The number of nitrogens with one attached hydrogen (secondary N) is 1. The van der Waals surface area contributed by atoms with Gasteiger partial charge in [0.1, 0.15) is 0 Å². The van der Waals surface area contributed by atoms with E-state index in [1.165, 1.54) is 0 Å². The first-order valence-electron chi connectivity index (χ1n) is 5.79. The van der Waals surface area contributed by atoms with E-state index < -0.39 is 0 Å². The van der Waals surface area contributed by atoms with Crippen LogP contribution >= 0.6 is 0 Å². The molecule has 0 aliphatic carbocycles. The van der Waals surface area contributed by atoms with Crippen molar-refractivity contribution in [3.63, 3.8) is 0 Å². The highest BCUT2D eigenvalue weighted by atomic mass is 16.3. The van der Waals surface area contributed by atoms with Crippen molar-refractivity contribution in [2.24, 2.45) is 5.92 Å². The predicted octanol–water partition coefficient (Wildman–Crippen LogP) is 0.215. The van der Waals surface area contributed by atoms with E-state index in [1.54, 1.807) is 7.05 Å². The largest absolute Gasteiger partial charge is 0.392 e. The number of aliphatic hydroxyl groups excluding tert-OH is 1. The van der Waals surface area contributed by atoms with Crippen LogP contribution in [0.5, 0.6) is 0 Å². The van der Waals surface area contributed by atoms with Crippen molar-refractivity contribution >= 4 is 5.91 Å². The lowest BCUT2D eigenvalue weighted by molar-refractivity contribution is -0.126. The molecule has 1 heterocycles. The molecule has 0 spiro atoms. The third kappa shape index (κ3) is 3.80. The smallest absolute Gasteiger partial charge is 0.224 e. The summed E-state index contributed by atoms with van der Waals surface area (Å²) in [6.45, 7) is 4.47. The van der Waals surface area contributed by atoms with Gasteiger partial charge in [0, 0.05) is 20.1 Å². The van der Waals surface area contributed by atoms with Gasteiger partial charge >= 0.3 is 0 Å². The fourth-order valence-corrected chi connectivity index (χ4v) is 2.07. The fourth-order valence-electron chi connectivity index (χ4n) is 2.07. The van der Waals surface area contributed by atoms with Gasteiger partial charge in [-0.1, -0.05) is 6.92 Å². The van der Waals surface area contributed by atoms with Crippen LogP contribution in [0.3, 0.4) is 0 Å². The van der Waals surface area contributed by atoms with Crippen LogP contribution in [0.25, 0.3) is 0 Å². The highest BCUT2D eigenvalue weighted by Crippen LogP contribution is 2.16. The molecular weight excluding hydrogens is 192 g/mol. The Labute approximate surface area is 91.6 Å². The Balaban J connectivity index is 2.38. The molecule has 2 N–H and O–H groups in total. The lowest BCUT2D eigenvalue weighted by Gasteiger charge is -2.32. The molecule has 0 aromatic carbocycles. The number of carbonyl (C=O) groups is 1. The molecule has 4 nitrogen and oxygen atoms in total. The minimum absolute atomic E-state index is 0.104. The molecule has 1 fully saturated rings. The molecule has 2 atom stereocenters. The van der Waals surface area contributed by atoms with E-state index in [9.17, 15) is 9.90 Å². The summed E-state index contributed by atoms with van der Waals surface area (Å²) in [6.07, 6.45) is 2.54. The van der Waals surface area contributed by atoms with Gasteiger partial charge in [-0.25, -0.2) is 0 Å². The monoisotopic (exact) mass is 214 g/mol. The van der Waals surface area contributed by atoms with E-state index in [2.05, 4.69) is 10.2 Å². The number of hydrogen-bond donors (Lipinski definition) is 2. The number of amides is 1. The van der Waals surface area contributed by atoms with Gasteiger partial charge in [0.2, 0.25) is 5.91 Å². The topological polar surface area (TPSA) is 52.6 Å². The molecule has 0 radical (unpaired) electrons. The highest BCUT2D eigenvalue weighted by Gasteiger charge is 2.25. The van der Waals surface area contributed by atoms with Gasteiger partial charge in [0.15, 0.2) is 0 Å². The van der Waals surface area contributed by atoms with Crippen molar-refractivity contribution in [2.45, 2.75) is 32.3 Å². The minimum Gasteiger partial charge on any atom is -0.392 e. The summed E-state index contributed by atoms with van der Waals surface area (Å²) in [4.78, 5) is 13.7. The van der Waals surface area contributed by atoms with Crippen LogP contribution in [0.1, 0.15) is 26.2 Å². The summed E-state index contributed by atoms with van der Waals surface area (Å²) in [5.74, 6) is 0.235. The van der Waals surface area contributed by atoms with Crippen LogP contribution in [0.4, 0.5) is 0 Å². The van der Waals surface area contributed by atoms with E-state index in [-0.39, 0.29) is 17.9 Å². The van der Waals surface area contributed by atoms with Gasteiger partial charge in [-0.3, -0.25) is 9.69 Å². The highest BCUT2D eigenvalue weighted by molar-refractivity contribution is 5.78. The zero-order valence-electron chi connectivity index (χ0n) is 9.70. The Morgan fingerprint density at radius 3 is 3.00 bits per heavy atom. The number of carbonyl (C=O) groups excluding carboxylic acids is 1. The summed E-state index contributed by atoms with van der Waals surface area (Å²) in [5, 5.41) is 12.2. The first-order valence-corrected chi connectivity index (χ1v) is 5.79. The Bertz CT molecular complexity index is 209. The van der Waals surface area contributed by atoms with Crippen LogP contribution < -0.4 is 5.32 Å². The first kappa shape index (κ1) is 12.5. The Morgan fingerprint density at radius 2 is 2.40 bits per heavy atom. The predicted molar refractivity (Wildman–Crippen MR) is 59.5 cm³/mol. The summed E-state index contributed by atoms with van der Waals surface area (Å²) in [6, 6.07) is 0.